The predicted molar refractivity (Wildman–Crippen MR) is 97.9 cm³/mol. The van der Waals surface area contributed by atoms with Gasteiger partial charge in [0.2, 0.25) is 0 Å². The van der Waals surface area contributed by atoms with E-state index in [1.165, 1.54) is 19.1 Å². The van der Waals surface area contributed by atoms with Gasteiger partial charge in [-0.05, 0) is 19.1 Å². The minimum absolute atomic E-state index is 0.0159. The van der Waals surface area contributed by atoms with E-state index in [0.29, 0.717) is 0 Å². The number of aliphatic carboxylic acids is 1. The molecule has 1 N–H and O–H groups in total. The van der Waals surface area contributed by atoms with E-state index in [0.717, 1.165) is 6.07 Å². The van der Waals surface area contributed by atoms with Crippen LogP contribution in [0.2, 0.25) is 5.02 Å². The number of carboxylic acid groups (broad SMARTS) is 1. The Morgan fingerprint density at radius 1 is 1.26 bits per heavy atom. The van der Waals surface area contributed by atoms with E-state index in [-0.39, 0.29) is 22.0 Å². The van der Waals surface area contributed by atoms with Gasteiger partial charge in [0.1, 0.15) is 11.7 Å². The van der Waals surface area contributed by atoms with Crippen molar-refractivity contribution in [2.45, 2.75) is 12.8 Å². The van der Waals surface area contributed by atoms with E-state index in [1.807, 2.05) is 0 Å². The Morgan fingerprint density at radius 3 is 2.52 bits per heavy atom. The molecule has 0 saturated heterocycles. The van der Waals surface area contributed by atoms with Crippen LogP contribution in [-0.4, -0.2) is 50.9 Å². The molecule has 0 fully saturated rings. The molecule has 0 bridgehead atoms. The third-order valence-electron chi connectivity index (χ3n) is 4.59. The minimum Gasteiger partial charge on any atom is -0.481 e. The number of allylic oxidation sites excluding steroid dienone is 1. The summed E-state index contributed by atoms with van der Waals surface area (Å²) in [7, 11) is -7.97. The first kappa shape index (κ1) is 20.0. The second-order valence-electron chi connectivity index (χ2n) is 6.40. The highest BCUT2D eigenvalue weighted by atomic mass is 35.5. The molecule has 0 aliphatic carbocycles. The molecule has 0 aromatic heterocycles. The first-order chi connectivity index (χ1) is 12.4. The molecule has 7 nitrogen and oxygen atoms in total. The summed E-state index contributed by atoms with van der Waals surface area (Å²) in [5.74, 6) is -7.27. The molecule has 0 amide bonds. The van der Waals surface area contributed by atoms with Crippen molar-refractivity contribution in [3.63, 3.8) is 0 Å². The van der Waals surface area contributed by atoms with Gasteiger partial charge in [0, 0.05) is 22.2 Å². The lowest BCUT2D eigenvalue weighted by Gasteiger charge is -2.31. The zero-order chi connectivity index (χ0) is 20.1. The summed E-state index contributed by atoms with van der Waals surface area (Å²) >= 11 is 6.09. The molecular weight excluding hydrogens is 421 g/mol. The van der Waals surface area contributed by atoms with Crippen molar-refractivity contribution in [3.8, 4) is 0 Å². The smallest absolute Gasteiger partial charge is 0.313 e. The number of carboxylic acids is 1. The van der Waals surface area contributed by atoms with Gasteiger partial charge in [-0.25, -0.2) is 21.2 Å². The maximum atomic E-state index is 14.6. The Labute approximate surface area is 160 Å². The number of benzene rings is 1. The van der Waals surface area contributed by atoms with Crippen LogP contribution in [0.3, 0.4) is 0 Å². The number of nitrogens with zero attached hydrogens (tertiary/aromatic N) is 1. The number of aliphatic imine (C=N–C) groups is 1. The molecule has 1 aromatic carbocycles. The van der Waals surface area contributed by atoms with Gasteiger partial charge in [0.15, 0.2) is 19.7 Å². The van der Waals surface area contributed by atoms with Crippen LogP contribution in [0.25, 0.3) is 0 Å². The van der Waals surface area contributed by atoms with E-state index < -0.39 is 65.5 Å². The Balaban J connectivity index is 2.41. The number of rotatable bonds is 2. The van der Waals surface area contributed by atoms with E-state index in [9.17, 15) is 31.1 Å². The fraction of sp³-hybridized carbons (Fsp3) is 0.375. The van der Waals surface area contributed by atoms with Crippen LogP contribution in [-0.2, 0) is 24.5 Å². The van der Waals surface area contributed by atoms with Crippen LogP contribution < -0.4 is 0 Å². The normalized spacial score (nSPS) is 26.7. The van der Waals surface area contributed by atoms with Crippen LogP contribution in [0.15, 0.2) is 33.8 Å². The highest BCUT2D eigenvalue weighted by Gasteiger charge is 2.47. The molecule has 2 aliphatic rings. The number of halogens is 2. The average molecular weight is 436 g/mol. The van der Waals surface area contributed by atoms with E-state index in [4.69, 9.17) is 11.6 Å². The van der Waals surface area contributed by atoms with Crippen LogP contribution in [0.5, 0.6) is 0 Å². The fourth-order valence-corrected chi connectivity index (χ4v) is 7.82. The summed E-state index contributed by atoms with van der Waals surface area (Å²) in [6.07, 6.45) is 0. The second-order valence-corrected chi connectivity index (χ2v) is 11.1. The molecule has 2 heterocycles. The summed E-state index contributed by atoms with van der Waals surface area (Å²) in [6.45, 7) is 1.34. The summed E-state index contributed by atoms with van der Waals surface area (Å²) in [5.41, 5.74) is -0.583. The van der Waals surface area contributed by atoms with Crippen molar-refractivity contribution in [3.05, 3.63) is 45.2 Å². The number of sulfone groups is 2. The maximum Gasteiger partial charge on any atom is 0.313 e. The standard InChI is InChI=1S/C16H15ClFNO6S2/c1-8-12(16(20)21)14(13-9(17)3-2-4-10(13)18)15-11(19-8)7-26(22,23)5-6-27(15,24)25/h2-4,12,14H,5-7H2,1H3,(H,20,21). The highest BCUT2D eigenvalue weighted by molar-refractivity contribution is 7.98. The molecule has 2 unspecified atom stereocenters. The Hall–Kier alpha value is -1.78. The quantitative estimate of drug-likeness (QED) is 0.756. The third-order valence-corrected chi connectivity index (χ3v) is 8.62. The topological polar surface area (TPSA) is 118 Å². The third kappa shape index (κ3) is 3.53. The molecule has 146 valence electrons. The summed E-state index contributed by atoms with van der Waals surface area (Å²) in [5, 5.41) is 9.53. The first-order valence-electron chi connectivity index (χ1n) is 7.83. The molecule has 27 heavy (non-hydrogen) atoms. The Kier molecular flexibility index (Phi) is 4.94. The van der Waals surface area contributed by atoms with Gasteiger partial charge in [-0.2, -0.15) is 0 Å². The van der Waals surface area contributed by atoms with Gasteiger partial charge in [0.25, 0.3) is 0 Å². The van der Waals surface area contributed by atoms with Crippen molar-refractivity contribution in [2.75, 3.05) is 17.3 Å². The van der Waals surface area contributed by atoms with Gasteiger partial charge < -0.3 is 5.11 Å². The molecular formula is C16H15ClFNO6S2. The second kappa shape index (κ2) is 6.68. The lowest BCUT2D eigenvalue weighted by molar-refractivity contribution is -0.139. The molecule has 11 heteroatoms. The zero-order valence-electron chi connectivity index (χ0n) is 14.0. The first-order valence-corrected chi connectivity index (χ1v) is 11.7. The highest BCUT2D eigenvalue weighted by Crippen LogP contribution is 2.46. The van der Waals surface area contributed by atoms with E-state index >= 15 is 0 Å². The number of hydrogen-bond donors (Lipinski definition) is 1. The van der Waals surface area contributed by atoms with E-state index in [1.54, 1.807) is 0 Å². The molecule has 1 aromatic rings. The maximum absolute atomic E-state index is 14.6. The molecule has 0 spiro atoms. The predicted octanol–water partition coefficient (Wildman–Crippen LogP) is 1.79. The van der Waals surface area contributed by atoms with Gasteiger partial charge in [-0.1, -0.05) is 17.7 Å². The molecule has 0 radical (unpaired) electrons. The van der Waals surface area contributed by atoms with Crippen molar-refractivity contribution >= 4 is 43.0 Å². The molecule has 2 atom stereocenters. The van der Waals surface area contributed by atoms with Crippen molar-refractivity contribution in [1.82, 2.24) is 0 Å². The molecule has 0 saturated carbocycles. The van der Waals surface area contributed by atoms with Crippen LogP contribution >= 0.6 is 11.6 Å². The zero-order valence-corrected chi connectivity index (χ0v) is 16.4. The van der Waals surface area contributed by atoms with Crippen molar-refractivity contribution in [1.29, 1.82) is 0 Å². The SMILES string of the molecule is CC1=NC2=C(C(c3c(F)cccc3Cl)C1C(=O)O)S(=O)(=O)CCS(=O)(=O)C2. The number of hydrogen-bond acceptors (Lipinski definition) is 6. The van der Waals surface area contributed by atoms with Crippen molar-refractivity contribution in [2.24, 2.45) is 10.9 Å². The molecule has 3 rings (SSSR count). The molecule has 2 aliphatic heterocycles. The van der Waals surface area contributed by atoms with Crippen molar-refractivity contribution < 1.29 is 31.1 Å². The van der Waals surface area contributed by atoms with Gasteiger partial charge in [0.05, 0.1) is 27.9 Å². The monoisotopic (exact) mass is 435 g/mol. The van der Waals surface area contributed by atoms with Gasteiger partial charge in [-0.3, -0.25) is 9.79 Å². The Bertz CT molecular complexity index is 1090. The summed E-state index contributed by atoms with van der Waals surface area (Å²) < 4.78 is 64.6. The van der Waals surface area contributed by atoms with Gasteiger partial charge >= 0.3 is 5.97 Å². The van der Waals surface area contributed by atoms with Crippen LogP contribution in [0.1, 0.15) is 18.4 Å². The van der Waals surface area contributed by atoms with Crippen LogP contribution in [0.4, 0.5) is 4.39 Å². The number of carbonyl (C=O) groups is 1. The minimum atomic E-state index is -4.21. The lowest BCUT2D eigenvalue weighted by Crippen LogP contribution is -2.36. The average Bonchev–Trinajstić information content (AvgIpc) is 2.60. The van der Waals surface area contributed by atoms with E-state index in [2.05, 4.69) is 4.99 Å². The Morgan fingerprint density at radius 2 is 1.93 bits per heavy atom. The summed E-state index contributed by atoms with van der Waals surface area (Å²) in [4.78, 5) is 15.4. The van der Waals surface area contributed by atoms with Gasteiger partial charge in [-0.15, -0.1) is 0 Å². The summed E-state index contributed by atoms with van der Waals surface area (Å²) in [6, 6.07) is 3.67. The largest absolute Gasteiger partial charge is 0.481 e. The lowest BCUT2D eigenvalue weighted by atomic mass is 9.80. The fourth-order valence-electron chi connectivity index (χ4n) is 3.44. The van der Waals surface area contributed by atoms with Crippen LogP contribution in [0, 0.1) is 11.7 Å².